The largest absolute Gasteiger partial charge is 0.494 e. The van der Waals surface area contributed by atoms with Crippen molar-refractivity contribution in [2.45, 2.75) is 27.7 Å². The summed E-state index contributed by atoms with van der Waals surface area (Å²) >= 11 is 0. The van der Waals surface area contributed by atoms with Crippen molar-refractivity contribution in [3.05, 3.63) is 30.3 Å². The molecule has 0 spiro atoms. The van der Waals surface area contributed by atoms with Crippen LogP contribution >= 0.6 is 0 Å². The van der Waals surface area contributed by atoms with Gasteiger partial charge in [-0.25, -0.2) is 9.59 Å². The highest BCUT2D eigenvalue weighted by atomic mass is 16.6. The van der Waals surface area contributed by atoms with E-state index < -0.39 is 19.1 Å². The van der Waals surface area contributed by atoms with Crippen LogP contribution in [0.1, 0.15) is 27.7 Å². The van der Waals surface area contributed by atoms with Gasteiger partial charge in [-0.1, -0.05) is 58.0 Å². The fourth-order valence-corrected chi connectivity index (χ4v) is 1.74. The van der Waals surface area contributed by atoms with E-state index in [0.717, 1.165) is 0 Å². The van der Waals surface area contributed by atoms with Crippen LogP contribution in [0.4, 0.5) is 0 Å². The van der Waals surface area contributed by atoms with Crippen LogP contribution in [0, 0.1) is 11.8 Å². The molecule has 0 atom stereocenters. The Morgan fingerprint density at radius 2 is 1.28 bits per heavy atom. The predicted molar refractivity (Wildman–Crippen MR) is 95.3 cm³/mol. The van der Waals surface area contributed by atoms with Gasteiger partial charge in [0.15, 0.2) is 0 Å². The van der Waals surface area contributed by atoms with Crippen LogP contribution in [0.5, 0.6) is 0 Å². The van der Waals surface area contributed by atoms with E-state index in [1.54, 1.807) is 12.1 Å². The van der Waals surface area contributed by atoms with Crippen molar-refractivity contribution >= 4 is 24.5 Å². The zero-order chi connectivity index (χ0) is 18.7. The van der Waals surface area contributed by atoms with Gasteiger partial charge < -0.3 is 18.8 Å². The maximum Gasteiger partial charge on any atom is 0.494 e. The second-order valence-corrected chi connectivity index (χ2v) is 6.52. The molecule has 1 aromatic carbocycles. The maximum atomic E-state index is 11.7. The monoisotopic (exact) mass is 350 g/mol. The molecule has 6 nitrogen and oxygen atoms in total. The van der Waals surface area contributed by atoms with E-state index in [4.69, 9.17) is 18.8 Å². The van der Waals surface area contributed by atoms with Crippen LogP contribution < -0.4 is 5.46 Å². The summed E-state index contributed by atoms with van der Waals surface area (Å²) in [5, 5.41) is 0. The number of carbonyl (C=O) groups excluding carboxylic acids is 2. The Kier molecular flexibility index (Phi) is 9.88. The average molecular weight is 350 g/mol. The van der Waals surface area contributed by atoms with Crippen molar-refractivity contribution in [3.8, 4) is 0 Å². The minimum Gasteiger partial charge on any atom is -0.464 e. The number of benzene rings is 1. The maximum absolute atomic E-state index is 11.7. The molecular weight excluding hydrogens is 323 g/mol. The molecule has 1 aromatic rings. The summed E-state index contributed by atoms with van der Waals surface area (Å²) in [6.07, 6.45) is 0. The lowest BCUT2D eigenvalue weighted by molar-refractivity contribution is -0.148. The summed E-state index contributed by atoms with van der Waals surface area (Å²) in [5.74, 6) is -0.442. The van der Waals surface area contributed by atoms with E-state index in [0.29, 0.717) is 18.7 Å². The summed E-state index contributed by atoms with van der Waals surface area (Å²) in [6.45, 7) is 7.96. The smallest absolute Gasteiger partial charge is 0.464 e. The zero-order valence-corrected chi connectivity index (χ0v) is 15.4. The molecule has 0 fully saturated rings. The van der Waals surface area contributed by atoms with E-state index in [9.17, 15) is 9.59 Å². The molecule has 0 aliphatic heterocycles. The summed E-state index contributed by atoms with van der Waals surface area (Å²) in [4.78, 5) is 23.4. The van der Waals surface area contributed by atoms with Gasteiger partial charge in [-0.2, -0.15) is 0 Å². The summed E-state index contributed by atoms with van der Waals surface area (Å²) in [7, 11) is -0.848. The van der Waals surface area contributed by atoms with Crippen LogP contribution in [0.15, 0.2) is 30.3 Å². The number of esters is 2. The van der Waals surface area contributed by atoms with E-state index in [2.05, 4.69) is 0 Å². The minimum atomic E-state index is -0.848. The van der Waals surface area contributed by atoms with Gasteiger partial charge in [-0.05, 0) is 17.3 Å². The standard InChI is InChI=1S/C18H27BO6/c1-14(2)10-22-17(20)12-24-19(16-8-6-5-7-9-16)25-13-18(21)23-11-15(3)4/h5-9,14-15H,10-13H2,1-4H3. The van der Waals surface area contributed by atoms with Crippen LogP contribution in [-0.2, 0) is 28.4 Å². The van der Waals surface area contributed by atoms with Crippen LogP contribution in [-0.4, -0.2) is 45.5 Å². The third-order valence-electron chi connectivity index (χ3n) is 2.93. The highest BCUT2D eigenvalue weighted by Gasteiger charge is 2.24. The molecule has 0 bridgehead atoms. The SMILES string of the molecule is CC(C)COC(=O)COB(OCC(=O)OCC(C)C)c1ccccc1. The summed E-state index contributed by atoms with van der Waals surface area (Å²) < 4.78 is 21.1. The first-order valence-corrected chi connectivity index (χ1v) is 8.47. The molecule has 1 rings (SSSR count). The Hall–Kier alpha value is -1.86. The van der Waals surface area contributed by atoms with Gasteiger partial charge in [0.05, 0.1) is 13.2 Å². The van der Waals surface area contributed by atoms with E-state index in [1.165, 1.54) is 0 Å². The Bertz CT molecular complexity index is 490. The molecule has 0 radical (unpaired) electrons. The first-order valence-electron chi connectivity index (χ1n) is 8.47. The third kappa shape index (κ3) is 9.89. The topological polar surface area (TPSA) is 71.1 Å². The molecule has 7 heteroatoms. The van der Waals surface area contributed by atoms with Gasteiger partial charge >= 0.3 is 19.1 Å². The van der Waals surface area contributed by atoms with Crippen molar-refractivity contribution in [3.63, 3.8) is 0 Å². The number of carbonyl (C=O) groups is 2. The van der Waals surface area contributed by atoms with Crippen LogP contribution in [0.3, 0.4) is 0 Å². The van der Waals surface area contributed by atoms with Gasteiger partial charge in [0.2, 0.25) is 0 Å². The molecule has 0 aliphatic carbocycles. The van der Waals surface area contributed by atoms with E-state index in [1.807, 2.05) is 45.9 Å². The Balaban J connectivity index is 2.53. The molecule has 0 unspecified atom stereocenters. The van der Waals surface area contributed by atoms with Crippen molar-refractivity contribution in [2.24, 2.45) is 11.8 Å². The van der Waals surface area contributed by atoms with E-state index in [-0.39, 0.29) is 25.0 Å². The molecule has 138 valence electrons. The third-order valence-corrected chi connectivity index (χ3v) is 2.93. The van der Waals surface area contributed by atoms with Crippen molar-refractivity contribution in [1.82, 2.24) is 0 Å². The van der Waals surface area contributed by atoms with Gasteiger partial charge in [0.1, 0.15) is 13.2 Å². The van der Waals surface area contributed by atoms with Crippen LogP contribution in [0.25, 0.3) is 0 Å². The first kappa shape index (κ1) is 21.2. The number of rotatable bonds is 11. The van der Waals surface area contributed by atoms with Gasteiger partial charge in [-0.15, -0.1) is 0 Å². The Morgan fingerprint density at radius 3 is 1.68 bits per heavy atom. The highest BCUT2D eigenvalue weighted by molar-refractivity contribution is 6.61. The molecule has 0 saturated heterocycles. The fourth-order valence-electron chi connectivity index (χ4n) is 1.74. The second-order valence-electron chi connectivity index (χ2n) is 6.52. The fraction of sp³-hybridized carbons (Fsp3) is 0.556. The molecule has 0 saturated carbocycles. The Morgan fingerprint density at radius 1 is 0.840 bits per heavy atom. The molecule has 25 heavy (non-hydrogen) atoms. The van der Waals surface area contributed by atoms with Gasteiger partial charge in [0, 0.05) is 0 Å². The molecule has 0 aliphatic rings. The lowest BCUT2D eigenvalue weighted by Gasteiger charge is -2.15. The first-order chi connectivity index (χ1) is 11.9. The highest BCUT2D eigenvalue weighted by Crippen LogP contribution is 1.99. The van der Waals surface area contributed by atoms with E-state index >= 15 is 0 Å². The normalized spacial score (nSPS) is 10.8. The predicted octanol–water partition coefficient (Wildman–Crippen LogP) is 1.81. The molecule has 0 N–H and O–H groups in total. The van der Waals surface area contributed by atoms with Crippen LogP contribution in [0.2, 0.25) is 0 Å². The number of hydrogen-bond donors (Lipinski definition) is 0. The van der Waals surface area contributed by atoms with Crippen molar-refractivity contribution in [1.29, 1.82) is 0 Å². The molecular formula is C18H27BO6. The Labute approximate surface area is 149 Å². The lowest BCUT2D eigenvalue weighted by Crippen LogP contribution is -2.40. The zero-order valence-electron chi connectivity index (χ0n) is 15.4. The molecule has 0 amide bonds. The molecule has 0 heterocycles. The number of hydrogen-bond acceptors (Lipinski definition) is 6. The van der Waals surface area contributed by atoms with Gasteiger partial charge in [0.25, 0.3) is 0 Å². The number of ether oxygens (including phenoxy) is 2. The minimum absolute atomic E-state index is 0.251. The summed E-state index contributed by atoms with van der Waals surface area (Å²) in [5.41, 5.74) is 0.704. The van der Waals surface area contributed by atoms with Gasteiger partial charge in [-0.3, -0.25) is 0 Å². The van der Waals surface area contributed by atoms with Crippen molar-refractivity contribution in [2.75, 3.05) is 26.4 Å². The summed E-state index contributed by atoms with van der Waals surface area (Å²) in [6, 6.07) is 9.09. The lowest BCUT2D eigenvalue weighted by atomic mass is 9.79. The molecule has 0 aromatic heterocycles. The second kappa shape index (κ2) is 11.7. The average Bonchev–Trinajstić information content (AvgIpc) is 2.58. The quantitative estimate of drug-likeness (QED) is 0.448. The van der Waals surface area contributed by atoms with Crippen molar-refractivity contribution < 1.29 is 28.4 Å².